The van der Waals surface area contributed by atoms with Crippen molar-refractivity contribution in [3.63, 3.8) is 0 Å². The summed E-state index contributed by atoms with van der Waals surface area (Å²) in [6, 6.07) is 14.6. The molecule has 0 saturated heterocycles. The number of likely N-dealkylation sites (N-methyl/N-ethyl adjacent to an activating group) is 1. The predicted octanol–water partition coefficient (Wildman–Crippen LogP) is 4.79. The number of ether oxygens (including phenoxy) is 1. The number of hydrogen-bond donors (Lipinski definition) is 0. The lowest BCUT2D eigenvalue weighted by Gasteiger charge is -2.33. The van der Waals surface area contributed by atoms with Crippen molar-refractivity contribution in [1.82, 2.24) is 4.90 Å². The molecule has 1 aliphatic rings. The number of carbonyl (C=O) groups excluding carboxylic acids is 1. The van der Waals surface area contributed by atoms with Gasteiger partial charge in [0.15, 0.2) is 6.10 Å². The summed E-state index contributed by atoms with van der Waals surface area (Å²) in [4.78, 5) is 14.8. The van der Waals surface area contributed by atoms with Crippen molar-refractivity contribution in [1.29, 1.82) is 0 Å². The molecule has 3 rings (SSSR count). The lowest BCUT2D eigenvalue weighted by Crippen LogP contribution is -2.45. The molecule has 1 aliphatic carbocycles. The van der Waals surface area contributed by atoms with Crippen LogP contribution in [-0.4, -0.2) is 30.0 Å². The first kappa shape index (κ1) is 16.8. The van der Waals surface area contributed by atoms with Crippen LogP contribution in [0.15, 0.2) is 42.5 Å². The molecule has 0 spiro atoms. The van der Waals surface area contributed by atoms with Crippen molar-refractivity contribution in [2.75, 3.05) is 7.05 Å². The normalized spacial score (nSPS) is 16.8. The minimum atomic E-state index is -0.405. The van der Waals surface area contributed by atoms with Gasteiger partial charge in [-0.2, -0.15) is 0 Å². The largest absolute Gasteiger partial charge is 0.481 e. The highest BCUT2D eigenvalue weighted by atomic mass is 16.5. The summed E-state index contributed by atoms with van der Waals surface area (Å²) in [6.45, 7) is 2.01. The fraction of sp³-hybridized carbons (Fsp3) is 0.476. The Balaban J connectivity index is 1.71. The molecule has 0 bridgehead atoms. The molecule has 0 aliphatic heterocycles. The fourth-order valence-corrected chi connectivity index (χ4v) is 3.59. The molecule has 0 N–H and O–H groups in total. The van der Waals surface area contributed by atoms with Crippen molar-refractivity contribution < 1.29 is 9.53 Å². The summed E-state index contributed by atoms with van der Waals surface area (Å²) in [7, 11) is 1.94. The van der Waals surface area contributed by atoms with E-state index in [4.69, 9.17) is 4.74 Å². The van der Waals surface area contributed by atoms with Gasteiger partial charge in [-0.3, -0.25) is 4.79 Å². The smallest absolute Gasteiger partial charge is 0.263 e. The van der Waals surface area contributed by atoms with E-state index in [2.05, 4.69) is 12.1 Å². The lowest BCUT2D eigenvalue weighted by molar-refractivity contribution is -0.140. The van der Waals surface area contributed by atoms with Crippen molar-refractivity contribution in [2.24, 2.45) is 0 Å². The Morgan fingerprint density at radius 3 is 2.54 bits per heavy atom. The number of carbonyl (C=O) groups is 1. The third kappa shape index (κ3) is 3.72. The maximum atomic E-state index is 12.8. The van der Waals surface area contributed by atoms with Crippen molar-refractivity contribution >= 4 is 16.7 Å². The predicted molar refractivity (Wildman–Crippen MR) is 98.3 cm³/mol. The van der Waals surface area contributed by atoms with E-state index in [1.807, 2.05) is 49.2 Å². The van der Waals surface area contributed by atoms with Gasteiger partial charge in [-0.15, -0.1) is 0 Å². The van der Waals surface area contributed by atoms with E-state index in [-0.39, 0.29) is 5.91 Å². The molecule has 1 amide bonds. The average molecular weight is 325 g/mol. The molecule has 3 heteroatoms. The van der Waals surface area contributed by atoms with E-state index in [0.717, 1.165) is 24.0 Å². The van der Waals surface area contributed by atoms with Crippen LogP contribution >= 0.6 is 0 Å². The Morgan fingerprint density at radius 1 is 1.12 bits per heavy atom. The van der Waals surface area contributed by atoms with Crippen LogP contribution in [0.2, 0.25) is 0 Å². The maximum absolute atomic E-state index is 12.8. The zero-order chi connectivity index (χ0) is 16.9. The maximum Gasteiger partial charge on any atom is 0.263 e. The average Bonchev–Trinajstić information content (AvgIpc) is 2.65. The van der Waals surface area contributed by atoms with Crippen LogP contribution in [0.25, 0.3) is 10.8 Å². The number of amides is 1. The van der Waals surface area contributed by atoms with Crippen molar-refractivity contribution in [3.05, 3.63) is 42.5 Å². The molecule has 0 radical (unpaired) electrons. The zero-order valence-electron chi connectivity index (χ0n) is 14.7. The quantitative estimate of drug-likeness (QED) is 0.791. The van der Waals surface area contributed by atoms with E-state index in [1.54, 1.807) is 0 Å². The number of fused-ring (bicyclic) bond motifs is 1. The van der Waals surface area contributed by atoms with Gasteiger partial charge in [0.2, 0.25) is 0 Å². The van der Waals surface area contributed by atoms with Crippen molar-refractivity contribution in [2.45, 2.75) is 57.6 Å². The first-order chi connectivity index (χ1) is 11.7. The molecular weight excluding hydrogens is 298 g/mol. The zero-order valence-corrected chi connectivity index (χ0v) is 14.7. The second kappa shape index (κ2) is 7.69. The summed E-state index contributed by atoms with van der Waals surface area (Å²) in [6.07, 6.45) is 6.27. The summed E-state index contributed by atoms with van der Waals surface area (Å²) in [5, 5.41) is 2.32. The number of hydrogen-bond acceptors (Lipinski definition) is 2. The molecule has 1 saturated carbocycles. The van der Waals surface area contributed by atoms with Crippen LogP contribution in [0.5, 0.6) is 5.75 Å². The SMILES string of the molecule is CC[C@H](Oc1ccc2ccccc2c1)C(=O)N(C)C1CCCCC1. The summed E-state index contributed by atoms with van der Waals surface area (Å²) in [5.74, 6) is 0.878. The Morgan fingerprint density at radius 2 is 1.83 bits per heavy atom. The van der Waals surface area contributed by atoms with Gasteiger partial charge in [-0.05, 0) is 42.2 Å². The Hall–Kier alpha value is -2.03. The van der Waals surface area contributed by atoms with Gasteiger partial charge >= 0.3 is 0 Å². The van der Waals surface area contributed by atoms with Gasteiger partial charge in [0.25, 0.3) is 5.91 Å². The summed E-state index contributed by atoms with van der Waals surface area (Å²) in [5.41, 5.74) is 0. The number of nitrogens with zero attached hydrogens (tertiary/aromatic N) is 1. The second-order valence-corrected chi connectivity index (χ2v) is 6.76. The standard InChI is InChI=1S/C21H27NO2/c1-3-20(21(23)22(2)18-11-5-4-6-12-18)24-19-14-13-16-9-7-8-10-17(16)15-19/h7-10,13-15,18,20H,3-6,11-12H2,1-2H3/t20-/m0/s1. The monoisotopic (exact) mass is 325 g/mol. The highest BCUT2D eigenvalue weighted by molar-refractivity contribution is 5.84. The van der Waals surface area contributed by atoms with E-state index in [9.17, 15) is 4.79 Å². The molecule has 128 valence electrons. The van der Waals surface area contributed by atoms with Crippen LogP contribution in [0, 0.1) is 0 Å². The third-order valence-electron chi connectivity index (χ3n) is 5.12. The summed E-state index contributed by atoms with van der Waals surface area (Å²) < 4.78 is 6.05. The molecule has 0 heterocycles. The molecule has 0 unspecified atom stereocenters. The third-order valence-corrected chi connectivity index (χ3v) is 5.12. The summed E-state index contributed by atoms with van der Waals surface area (Å²) >= 11 is 0. The van der Waals surface area contributed by atoms with Gasteiger partial charge < -0.3 is 9.64 Å². The van der Waals surface area contributed by atoms with Crippen molar-refractivity contribution in [3.8, 4) is 5.75 Å². The topological polar surface area (TPSA) is 29.5 Å². The van der Waals surface area contributed by atoms with Gasteiger partial charge in [0, 0.05) is 13.1 Å². The molecule has 2 aromatic rings. The Kier molecular flexibility index (Phi) is 5.39. The minimum Gasteiger partial charge on any atom is -0.481 e. The molecular formula is C21H27NO2. The highest BCUT2D eigenvalue weighted by Crippen LogP contribution is 2.25. The van der Waals surface area contributed by atoms with Crippen LogP contribution in [0.3, 0.4) is 0 Å². The molecule has 24 heavy (non-hydrogen) atoms. The lowest BCUT2D eigenvalue weighted by atomic mass is 9.94. The van der Waals surface area contributed by atoms with E-state index in [0.29, 0.717) is 12.5 Å². The van der Waals surface area contributed by atoms with Crippen LogP contribution in [0.1, 0.15) is 45.4 Å². The highest BCUT2D eigenvalue weighted by Gasteiger charge is 2.28. The van der Waals surface area contributed by atoms with Crippen LogP contribution in [-0.2, 0) is 4.79 Å². The molecule has 1 fully saturated rings. The van der Waals surface area contributed by atoms with Gasteiger partial charge in [0.1, 0.15) is 5.75 Å². The van der Waals surface area contributed by atoms with Gasteiger partial charge in [0.05, 0.1) is 0 Å². The molecule has 3 nitrogen and oxygen atoms in total. The van der Waals surface area contributed by atoms with Gasteiger partial charge in [-0.1, -0.05) is 56.5 Å². The minimum absolute atomic E-state index is 0.109. The first-order valence-corrected chi connectivity index (χ1v) is 9.11. The fourth-order valence-electron chi connectivity index (χ4n) is 3.59. The van der Waals surface area contributed by atoms with Crippen LogP contribution in [0.4, 0.5) is 0 Å². The molecule has 1 atom stereocenters. The molecule has 2 aromatic carbocycles. The number of rotatable bonds is 5. The number of benzene rings is 2. The molecule has 0 aromatic heterocycles. The van der Waals surface area contributed by atoms with E-state index < -0.39 is 6.10 Å². The van der Waals surface area contributed by atoms with Crippen LogP contribution < -0.4 is 4.74 Å². The Bertz CT molecular complexity index is 691. The van der Waals surface area contributed by atoms with Gasteiger partial charge in [-0.25, -0.2) is 0 Å². The Labute approximate surface area is 144 Å². The van der Waals surface area contributed by atoms with E-state index in [1.165, 1.54) is 24.6 Å². The second-order valence-electron chi connectivity index (χ2n) is 6.76. The first-order valence-electron chi connectivity index (χ1n) is 9.11. The van der Waals surface area contributed by atoms with E-state index >= 15 is 0 Å².